The van der Waals surface area contributed by atoms with Crippen molar-refractivity contribution in [2.45, 2.75) is 328 Å². The molecule has 0 aromatic heterocycles. The lowest BCUT2D eigenvalue weighted by atomic mass is 10.0. The van der Waals surface area contributed by atoms with Crippen LogP contribution in [-0.4, -0.2) is 36.4 Å². The van der Waals surface area contributed by atoms with E-state index in [0.717, 1.165) is 38.5 Å². The van der Waals surface area contributed by atoms with Crippen LogP contribution in [0.25, 0.3) is 0 Å². The minimum Gasteiger partial charge on any atom is -0.462 e. The maximum absolute atomic E-state index is 12.3. The number of ether oxygens (including phenoxy) is 2. The summed E-state index contributed by atoms with van der Waals surface area (Å²) in [5.74, 6) is -0.568. The Morgan fingerprint density at radius 2 is 0.625 bits per heavy atom. The molecule has 0 radical (unpaired) electrons. The Morgan fingerprint density at radius 1 is 0.359 bits per heavy atom. The van der Waals surface area contributed by atoms with Gasteiger partial charge in [-0.2, -0.15) is 0 Å². The predicted molar refractivity (Wildman–Crippen MR) is 279 cm³/mol. The maximum atomic E-state index is 12.3. The molecule has 0 aliphatic rings. The number of carbonyl (C=O) groups is 2. The van der Waals surface area contributed by atoms with E-state index in [0.29, 0.717) is 12.8 Å². The second kappa shape index (κ2) is 55.7. The lowest BCUT2D eigenvalue weighted by molar-refractivity contribution is -0.161. The molecule has 0 aromatic carbocycles. The van der Waals surface area contributed by atoms with Crippen LogP contribution in [0.4, 0.5) is 0 Å². The summed E-state index contributed by atoms with van der Waals surface area (Å²) in [5.41, 5.74) is 0. The van der Waals surface area contributed by atoms with Gasteiger partial charge in [0.25, 0.3) is 0 Å². The van der Waals surface area contributed by atoms with Crippen LogP contribution in [-0.2, 0) is 19.1 Å². The molecule has 378 valence electrons. The number of hydrogen-bond donors (Lipinski definition) is 1. The van der Waals surface area contributed by atoms with E-state index < -0.39 is 6.10 Å². The van der Waals surface area contributed by atoms with Crippen LogP contribution < -0.4 is 0 Å². The minimum atomic E-state index is -0.767. The highest BCUT2D eigenvalue weighted by Crippen LogP contribution is 2.18. The van der Waals surface area contributed by atoms with Crippen molar-refractivity contribution < 1.29 is 24.2 Å². The molecule has 1 N–H and O–H groups in total. The smallest absolute Gasteiger partial charge is 0.306 e. The van der Waals surface area contributed by atoms with Crippen LogP contribution in [0.15, 0.2) is 24.3 Å². The summed E-state index contributed by atoms with van der Waals surface area (Å²) < 4.78 is 10.7. The van der Waals surface area contributed by atoms with Gasteiger partial charge in [-0.05, 0) is 44.9 Å². The summed E-state index contributed by atoms with van der Waals surface area (Å²) in [4.78, 5) is 24.5. The Morgan fingerprint density at radius 3 is 0.922 bits per heavy atom. The van der Waals surface area contributed by atoms with Gasteiger partial charge in [-0.15, -0.1) is 0 Å². The Kier molecular flexibility index (Phi) is 54.3. The summed E-state index contributed by atoms with van der Waals surface area (Å²) in [7, 11) is 0. The van der Waals surface area contributed by atoms with Crippen LogP contribution in [0.5, 0.6) is 0 Å². The van der Waals surface area contributed by atoms with Gasteiger partial charge in [0.15, 0.2) is 6.10 Å². The Bertz CT molecular complexity index is 974. The van der Waals surface area contributed by atoms with Crippen molar-refractivity contribution >= 4 is 11.9 Å². The van der Waals surface area contributed by atoms with Gasteiger partial charge in [0.2, 0.25) is 0 Å². The molecule has 0 bridgehead atoms. The van der Waals surface area contributed by atoms with E-state index in [1.807, 2.05) is 0 Å². The fourth-order valence-electron chi connectivity index (χ4n) is 8.88. The lowest BCUT2D eigenvalue weighted by Gasteiger charge is -2.15. The van der Waals surface area contributed by atoms with Crippen LogP contribution in [0, 0.1) is 0 Å². The number of rotatable bonds is 54. The minimum absolute atomic E-state index is 0.0583. The molecule has 5 heteroatoms. The first-order valence-corrected chi connectivity index (χ1v) is 28.9. The molecule has 0 aliphatic heterocycles. The first-order valence-electron chi connectivity index (χ1n) is 28.9. The van der Waals surface area contributed by atoms with E-state index in [9.17, 15) is 14.7 Å². The van der Waals surface area contributed by atoms with Crippen LogP contribution >= 0.6 is 0 Å². The summed E-state index contributed by atoms with van der Waals surface area (Å²) in [6.45, 7) is 4.18. The number of allylic oxidation sites excluding steroid dienone is 4. The standard InChI is InChI=1S/C59H112O5/c1-3-5-7-9-11-13-15-17-19-21-23-24-25-26-27-28-29-30-31-32-33-34-36-38-40-42-44-46-48-50-52-54-59(62)64-57(55-60)56-63-58(61)53-51-49-47-45-43-41-39-37-35-22-20-18-16-14-12-10-8-6-4-2/h15,17,21,23,57,60H,3-14,16,18-20,22,24-56H2,1-2H3/b17-15-,23-21-. The number of carbonyl (C=O) groups excluding carboxylic acids is 2. The van der Waals surface area contributed by atoms with E-state index >= 15 is 0 Å². The zero-order valence-electron chi connectivity index (χ0n) is 43.3. The maximum Gasteiger partial charge on any atom is 0.306 e. The zero-order chi connectivity index (χ0) is 46.3. The largest absolute Gasteiger partial charge is 0.462 e. The number of aliphatic hydroxyl groups excluding tert-OH is 1. The predicted octanol–water partition coefficient (Wildman–Crippen LogP) is 19.3. The third kappa shape index (κ3) is 53.0. The topological polar surface area (TPSA) is 72.8 Å². The van der Waals surface area contributed by atoms with E-state index in [4.69, 9.17) is 9.47 Å². The van der Waals surface area contributed by atoms with Crippen molar-refractivity contribution in [2.24, 2.45) is 0 Å². The van der Waals surface area contributed by atoms with E-state index in [2.05, 4.69) is 38.2 Å². The Balaban J connectivity index is 3.41. The molecule has 0 aromatic rings. The monoisotopic (exact) mass is 901 g/mol. The van der Waals surface area contributed by atoms with Gasteiger partial charge in [0.1, 0.15) is 6.61 Å². The van der Waals surface area contributed by atoms with Crippen molar-refractivity contribution in [3.63, 3.8) is 0 Å². The van der Waals surface area contributed by atoms with Gasteiger partial charge < -0.3 is 14.6 Å². The quantitative estimate of drug-likeness (QED) is 0.0374. The van der Waals surface area contributed by atoms with Crippen molar-refractivity contribution in [3.05, 3.63) is 24.3 Å². The van der Waals surface area contributed by atoms with Crippen LogP contribution in [0.2, 0.25) is 0 Å². The third-order valence-electron chi connectivity index (χ3n) is 13.2. The molecule has 0 fully saturated rings. The molecular weight excluding hydrogens is 789 g/mol. The third-order valence-corrected chi connectivity index (χ3v) is 13.2. The SMILES string of the molecule is CCCCCCC/C=C\C/C=C\CCCCCCCCCCCCCCCCCCCCCC(=O)OC(CO)COC(=O)CCCCCCCCCCCCCCCCCCCCC. The zero-order valence-corrected chi connectivity index (χ0v) is 43.3. The molecule has 0 rings (SSSR count). The fraction of sp³-hybridized carbons (Fsp3) is 0.898. The average molecular weight is 902 g/mol. The van der Waals surface area contributed by atoms with Gasteiger partial charge in [-0.25, -0.2) is 0 Å². The molecule has 0 saturated carbocycles. The Hall–Kier alpha value is -1.62. The number of unbranched alkanes of at least 4 members (excludes halogenated alkanes) is 42. The fourth-order valence-corrected chi connectivity index (χ4v) is 8.88. The number of hydrogen-bond acceptors (Lipinski definition) is 5. The van der Waals surface area contributed by atoms with Crippen molar-refractivity contribution in [2.75, 3.05) is 13.2 Å². The molecule has 1 atom stereocenters. The van der Waals surface area contributed by atoms with Gasteiger partial charge in [0, 0.05) is 12.8 Å². The summed E-state index contributed by atoms with van der Waals surface area (Å²) in [5, 5.41) is 9.65. The van der Waals surface area contributed by atoms with E-state index in [1.54, 1.807) is 0 Å². The van der Waals surface area contributed by atoms with Crippen molar-refractivity contribution in [1.82, 2.24) is 0 Å². The molecule has 1 unspecified atom stereocenters. The second-order valence-corrected chi connectivity index (χ2v) is 19.7. The van der Waals surface area contributed by atoms with Crippen molar-refractivity contribution in [1.29, 1.82) is 0 Å². The van der Waals surface area contributed by atoms with Crippen LogP contribution in [0.3, 0.4) is 0 Å². The highest BCUT2D eigenvalue weighted by atomic mass is 16.6. The molecule has 0 aliphatic carbocycles. The molecule has 0 spiro atoms. The molecular formula is C59H112O5. The lowest BCUT2D eigenvalue weighted by Crippen LogP contribution is -2.28. The highest BCUT2D eigenvalue weighted by Gasteiger charge is 2.16. The first kappa shape index (κ1) is 62.4. The summed E-state index contributed by atoms with van der Waals surface area (Å²) in [6.07, 6.45) is 70.2. The second-order valence-electron chi connectivity index (χ2n) is 19.7. The Labute approximate surface area is 400 Å². The van der Waals surface area contributed by atoms with E-state index in [1.165, 1.54) is 257 Å². The summed E-state index contributed by atoms with van der Waals surface area (Å²) in [6, 6.07) is 0. The first-order chi connectivity index (χ1) is 31.6. The molecule has 5 nitrogen and oxygen atoms in total. The van der Waals surface area contributed by atoms with Crippen LogP contribution in [0.1, 0.15) is 322 Å². The molecule has 0 heterocycles. The highest BCUT2D eigenvalue weighted by molar-refractivity contribution is 5.70. The number of esters is 2. The molecule has 0 amide bonds. The average Bonchev–Trinajstić information content (AvgIpc) is 3.30. The van der Waals surface area contributed by atoms with Crippen molar-refractivity contribution in [3.8, 4) is 0 Å². The molecule has 64 heavy (non-hydrogen) atoms. The number of aliphatic hydroxyl groups is 1. The van der Waals surface area contributed by atoms with Gasteiger partial charge in [-0.1, -0.05) is 289 Å². The normalized spacial score (nSPS) is 12.2. The summed E-state index contributed by atoms with van der Waals surface area (Å²) >= 11 is 0. The van der Waals surface area contributed by atoms with Gasteiger partial charge in [-0.3, -0.25) is 9.59 Å². The van der Waals surface area contributed by atoms with E-state index in [-0.39, 0.29) is 25.2 Å². The molecule has 0 saturated heterocycles. The van der Waals surface area contributed by atoms with Gasteiger partial charge >= 0.3 is 11.9 Å². The van der Waals surface area contributed by atoms with Gasteiger partial charge in [0.05, 0.1) is 6.61 Å².